The molecule has 0 bridgehead atoms. The van der Waals surface area contributed by atoms with Crippen molar-refractivity contribution in [1.29, 1.82) is 5.26 Å². The normalized spacial score (nSPS) is 14.2. The fourth-order valence-electron chi connectivity index (χ4n) is 3.79. The summed E-state index contributed by atoms with van der Waals surface area (Å²) in [6.07, 6.45) is 3.92. The summed E-state index contributed by atoms with van der Waals surface area (Å²) in [7, 11) is 6.13. The highest BCUT2D eigenvalue weighted by molar-refractivity contribution is 5.92. The predicted octanol–water partition coefficient (Wildman–Crippen LogP) is 2.02. The van der Waals surface area contributed by atoms with Crippen LogP contribution in [0.3, 0.4) is 0 Å². The van der Waals surface area contributed by atoms with Gasteiger partial charge < -0.3 is 25.3 Å². The number of nitrogens with one attached hydrogen (secondary N) is 2. The summed E-state index contributed by atoms with van der Waals surface area (Å²) < 4.78 is 0. The monoisotopic (exact) mass is 446 g/mol. The average Bonchev–Trinajstić information content (AvgIpc) is 2.86. The van der Waals surface area contributed by atoms with Gasteiger partial charge in [-0.1, -0.05) is 0 Å². The van der Waals surface area contributed by atoms with Gasteiger partial charge in [0.15, 0.2) is 0 Å². The maximum atomic E-state index is 8.86. The van der Waals surface area contributed by atoms with Crippen molar-refractivity contribution in [3.63, 3.8) is 0 Å². The molecule has 0 spiro atoms. The van der Waals surface area contributed by atoms with Crippen molar-refractivity contribution in [2.75, 3.05) is 80.8 Å². The number of rotatable bonds is 8. The van der Waals surface area contributed by atoms with E-state index in [9.17, 15) is 0 Å². The van der Waals surface area contributed by atoms with Crippen LogP contribution in [0.1, 0.15) is 12.0 Å². The summed E-state index contributed by atoms with van der Waals surface area (Å²) in [5, 5.41) is 16.3. The van der Waals surface area contributed by atoms with Gasteiger partial charge in [-0.2, -0.15) is 10.2 Å². The average molecular weight is 447 g/mol. The largest absolute Gasteiger partial charge is 0.388 e. The molecule has 33 heavy (non-hydrogen) atoms. The molecule has 4 rings (SSSR count). The molecule has 10 heteroatoms. The summed E-state index contributed by atoms with van der Waals surface area (Å²) in [5.74, 6) is 2.25. The van der Waals surface area contributed by atoms with Crippen molar-refractivity contribution in [1.82, 2.24) is 24.8 Å². The van der Waals surface area contributed by atoms with Crippen molar-refractivity contribution in [3.8, 4) is 6.07 Å². The Kier molecular flexibility index (Phi) is 7.00. The van der Waals surface area contributed by atoms with Gasteiger partial charge in [0.25, 0.3) is 0 Å². The number of benzene rings is 1. The first-order valence-electron chi connectivity index (χ1n) is 11.2. The fourth-order valence-corrected chi connectivity index (χ4v) is 3.79. The van der Waals surface area contributed by atoms with Crippen LogP contribution in [0, 0.1) is 11.3 Å². The Morgan fingerprint density at radius 3 is 2.58 bits per heavy atom. The lowest BCUT2D eigenvalue weighted by molar-refractivity contribution is 0.311. The number of nitrogens with zero attached hydrogens (tertiary/aromatic N) is 8. The lowest BCUT2D eigenvalue weighted by atomic mass is 10.2. The SMILES string of the molecule is CNc1ccc2c(N(C)CCCNc3ncc(C#N)cn3)nc(N3CCN(C)CC3)nc2c1. The lowest BCUT2D eigenvalue weighted by Crippen LogP contribution is -2.45. The minimum atomic E-state index is 0.452. The number of aromatic nitrogens is 4. The molecule has 1 fully saturated rings. The quantitative estimate of drug-likeness (QED) is 0.499. The van der Waals surface area contributed by atoms with Gasteiger partial charge >= 0.3 is 0 Å². The molecule has 2 aromatic heterocycles. The van der Waals surface area contributed by atoms with E-state index in [1.165, 1.54) is 12.4 Å². The Hall–Kier alpha value is -3.71. The molecule has 0 amide bonds. The minimum Gasteiger partial charge on any atom is -0.388 e. The molecule has 1 aromatic carbocycles. The summed E-state index contributed by atoms with van der Waals surface area (Å²) >= 11 is 0. The Morgan fingerprint density at radius 1 is 1.12 bits per heavy atom. The number of likely N-dealkylation sites (N-methyl/N-ethyl adjacent to an activating group) is 1. The molecule has 2 N–H and O–H groups in total. The first-order valence-corrected chi connectivity index (χ1v) is 11.2. The number of piperazine rings is 1. The molecule has 1 saturated heterocycles. The fraction of sp³-hybridized carbons (Fsp3) is 0.435. The zero-order valence-electron chi connectivity index (χ0n) is 19.4. The van der Waals surface area contributed by atoms with Gasteiger partial charge in [-0.25, -0.2) is 15.0 Å². The maximum absolute atomic E-state index is 8.86. The lowest BCUT2D eigenvalue weighted by Gasteiger charge is -2.33. The summed E-state index contributed by atoms with van der Waals surface area (Å²) in [4.78, 5) is 25.0. The third-order valence-electron chi connectivity index (χ3n) is 5.84. The molecule has 0 aliphatic carbocycles. The van der Waals surface area contributed by atoms with Crippen LogP contribution in [0.25, 0.3) is 10.9 Å². The van der Waals surface area contributed by atoms with E-state index in [-0.39, 0.29) is 0 Å². The molecule has 10 nitrogen and oxygen atoms in total. The molecule has 3 heterocycles. The highest BCUT2D eigenvalue weighted by atomic mass is 15.3. The van der Waals surface area contributed by atoms with Gasteiger partial charge in [0.05, 0.1) is 23.5 Å². The Bertz CT molecular complexity index is 1120. The van der Waals surface area contributed by atoms with E-state index >= 15 is 0 Å². The Balaban J connectivity index is 1.48. The van der Waals surface area contributed by atoms with E-state index in [0.29, 0.717) is 18.1 Å². The van der Waals surface area contributed by atoms with Crippen molar-refractivity contribution in [2.24, 2.45) is 0 Å². The van der Waals surface area contributed by atoms with Crippen LogP contribution < -0.4 is 20.4 Å². The van der Waals surface area contributed by atoms with Crippen LogP contribution in [0.2, 0.25) is 0 Å². The first kappa shape index (κ1) is 22.5. The molecule has 0 saturated carbocycles. The highest BCUT2D eigenvalue weighted by Gasteiger charge is 2.20. The van der Waals surface area contributed by atoms with E-state index in [4.69, 9.17) is 15.2 Å². The van der Waals surface area contributed by atoms with Gasteiger partial charge in [-0.15, -0.1) is 0 Å². The molecule has 1 aliphatic rings. The van der Waals surface area contributed by atoms with Crippen LogP contribution in [-0.2, 0) is 0 Å². The predicted molar refractivity (Wildman–Crippen MR) is 132 cm³/mol. The van der Waals surface area contributed by atoms with Gasteiger partial charge in [0, 0.05) is 64.4 Å². The topological polar surface area (TPSA) is 109 Å². The van der Waals surface area contributed by atoms with E-state index in [1.807, 2.05) is 13.1 Å². The number of fused-ring (bicyclic) bond motifs is 1. The Morgan fingerprint density at radius 2 is 1.88 bits per heavy atom. The molecular weight excluding hydrogens is 416 g/mol. The molecule has 0 unspecified atom stereocenters. The zero-order chi connectivity index (χ0) is 23.2. The van der Waals surface area contributed by atoms with Gasteiger partial charge in [0.2, 0.25) is 11.9 Å². The molecule has 1 aliphatic heterocycles. The molecule has 0 radical (unpaired) electrons. The van der Waals surface area contributed by atoms with E-state index in [2.05, 4.69) is 67.6 Å². The molecule has 3 aromatic rings. The van der Waals surface area contributed by atoms with Crippen molar-refractivity contribution in [3.05, 3.63) is 36.2 Å². The number of hydrogen-bond acceptors (Lipinski definition) is 10. The van der Waals surface area contributed by atoms with E-state index in [0.717, 1.165) is 67.5 Å². The summed E-state index contributed by atoms with van der Waals surface area (Å²) in [5.41, 5.74) is 2.43. The smallest absolute Gasteiger partial charge is 0.227 e. The standard InChI is InChI=1S/C23H30N10/c1-25-18-5-6-19-20(13-18)29-23(33-11-9-31(2)10-12-33)30-21(19)32(3)8-4-7-26-22-27-15-17(14-24)16-28-22/h5-6,13,15-16,25H,4,7-12H2,1-3H3,(H,26,27,28). The van der Waals surface area contributed by atoms with Gasteiger partial charge in [-0.3, -0.25) is 0 Å². The van der Waals surface area contributed by atoms with Crippen LogP contribution >= 0.6 is 0 Å². The number of nitriles is 1. The van der Waals surface area contributed by atoms with Crippen LogP contribution in [-0.4, -0.2) is 85.2 Å². The number of anilines is 4. The number of hydrogen-bond donors (Lipinski definition) is 2. The zero-order valence-corrected chi connectivity index (χ0v) is 19.4. The van der Waals surface area contributed by atoms with Crippen LogP contribution in [0.15, 0.2) is 30.6 Å². The second-order valence-electron chi connectivity index (χ2n) is 8.23. The van der Waals surface area contributed by atoms with E-state index < -0.39 is 0 Å². The van der Waals surface area contributed by atoms with Gasteiger partial charge in [0.1, 0.15) is 11.9 Å². The second-order valence-corrected chi connectivity index (χ2v) is 8.23. The Labute approximate surface area is 194 Å². The van der Waals surface area contributed by atoms with Crippen LogP contribution in [0.5, 0.6) is 0 Å². The molecular formula is C23H30N10. The van der Waals surface area contributed by atoms with Crippen molar-refractivity contribution in [2.45, 2.75) is 6.42 Å². The molecule has 0 atom stereocenters. The summed E-state index contributed by atoms with van der Waals surface area (Å²) in [6.45, 7) is 5.38. The minimum absolute atomic E-state index is 0.452. The highest BCUT2D eigenvalue weighted by Crippen LogP contribution is 2.28. The van der Waals surface area contributed by atoms with Crippen LogP contribution in [0.4, 0.5) is 23.4 Å². The second kappa shape index (κ2) is 10.3. The van der Waals surface area contributed by atoms with Crippen molar-refractivity contribution >= 4 is 34.3 Å². The molecule has 172 valence electrons. The first-order chi connectivity index (χ1) is 16.1. The summed E-state index contributed by atoms with van der Waals surface area (Å²) in [6, 6.07) is 8.25. The maximum Gasteiger partial charge on any atom is 0.227 e. The third kappa shape index (κ3) is 5.38. The van der Waals surface area contributed by atoms with Crippen molar-refractivity contribution < 1.29 is 0 Å². The van der Waals surface area contributed by atoms with Gasteiger partial charge in [-0.05, 0) is 31.7 Å². The van der Waals surface area contributed by atoms with E-state index in [1.54, 1.807) is 0 Å². The third-order valence-corrected chi connectivity index (χ3v) is 5.84.